The van der Waals surface area contributed by atoms with Crippen molar-refractivity contribution in [3.05, 3.63) is 34.3 Å². The van der Waals surface area contributed by atoms with Crippen LogP contribution >= 0.6 is 11.6 Å². The summed E-state index contributed by atoms with van der Waals surface area (Å²) in [7, 11) is 1.33. The average molecular weight is 228 g/mol. The summed E-state index contributed by atoms with van der Waals surface area (Å²) in [6, 6.07) is 4.89. The van der Waals surface area contributed by atoms with Crippen molar-refractivity contribution >= 4 is 17.6 Å². The maximum Gasteiger partial charge on any atom is 0.322 e. The van der Waals surface area contributed by atoms with Crippen molar-refractivity contribution in [2.24, 2.45) is 5.73 Å². The summed E-state index contributed by atoms with van der Waals surface area (Å²) in [4.78, 5) is 11.1. The summed E-state index contributed by atoms with van der Waals surface area (Å²) in [5.74, 6) is -0.399. The van der Waals surface area contributed by atoms with Crippen LogP contribution in [0.25, 0.3) is 0 Å². The van der Waals surface area contributed by atoms with Crippen LogP contribution in [-0.4, -0.2) is 19.1 Å². The van der Waals surface area contributed by atoms with Gasteiger partial charge in [0.25, 0.3) is 0 Å². The highest BCUT2D eigenvalue weighted by atomic mass is 35.5. The van der Waals surface area contributed by atoms with E-state index in [-0.39, 0.29) is 0 Å². The van der Waals surface area contributed by atoms with E-state index in [1.165, 1.54) is 7.11 Å². The Bertz CT molecular complexity index is 366. The van der Waals surface area contributed by atoms with E-state index in [2.05, 4.69) is 4.74 Å². The van der Waals surface area contributed by atoms with Crippen molar-refractivity contribution in [2.45, 2.75) is 19.4 Å². The molecular weight excluding hydrogens is 214 g/mol. The molecule has 3 nitrogen and oxygen atoms in total. The van der Waals surface area contributed by atoms with Crippen LogP contribution < -0.4 is 5.73 Å². The minimum absolute atomic E-state index is 0.399. The lowest BCUT2D eigenvalue weighted by Crippen LogP contribution is -2.33. The maximum absolute atomic E-state index is 11.1. The van der Waals surface area contributed by atoms with E-state index in [1.807, 2.05) is 19.1 Å². The van der Waals surface area contributed by atoms with Gasteiger partial charge in [0, 0.05) is 5.02 Å². The second kappa shape index (κ2) is 5.14. The molecule has 0 bridgehead atoms. The first-order valence-corrected chi connectivity index (χ1v) is 5.01. The average Bonchev–Trinajstić information content (AvgIpc) is 2.20. The van der Waals surface area contributed by atoms with Crippen LogP contribution in [0.5, 0.6) is 0 Å². The van der Waals surface area contributed by atoms with E-state index >= 15 is 0 Å². The number of hydrogen-bond donors (Lipinski definition) is 1. The Morgan fingerprint density at radius 2 is 2.27 bits per heavy atom. The van der Waals surface area contributed by atoms with Crippen molar-refractivity contribution in [2.75, 3.05) is 7.11 Å². The largest absolute Gasteiger partial charge is 0.468 e. The fraction of sp³-hybridized carbons (Fsp3) is 0.364. The van der Waals surface area contributed by atoms with Crippen molar-refractivity contribution < 1.29 is 9.53 Å². The molecule has 1 atom stereocenters. The molecule has 0 aliphatic carbocycles. The van der Waals surface area contributed by atoms with Gasteiger partial charge >= 0.3 is 5.97 Å². The summed E-state index contributed by atoms with van der Waals surface area (Å²) in [6.07, 6.45) is 0.468. The molecule has 0 fully saturated rings. The number of methoxy groups -OCH3 is 1. The molecule has 0 saturated carbocycles. The van der Waals surface area contributed by atoms with Crippen molar-refractivity contribution in [1.82, 2.24) is 0 Å². The Morgan fingerprint density at radius 3 is 2.80 bits per heavy atom. The van der Waals surface area contributed by atoms with Crippen LogP contribution in [0, 0.1) is 6.92 Å². The molecule has 0 aromatic heterocycles. The molecule has 0 aliphatic heterocycles. The molecule has 0 aliphatic rings. The van der Waals surface area contributed by atoms with E-state index < -0.39 is 12.0 Å². The van der Waals surface area contributed by atoms with Gasteiger partial charge in [0.15, 0.2) is 0 Å². The second-order valence-electron chi connectivity index (χ2n) is 3.40. The van der Waals surface area contributed by atoms with Crippen LogP contribution in [0.15, 0.2) is 18.2 Å². The lowest BCUT2D eigenvalue weighted by atomic mass is 10.0. The number of carbonyl (C=O) groups is 1. The molecule has 15 heavy (non-hydrogen) atoms. The van der Waals surface area contributed by atoms with Gasteiger partial charge in [-0.25, -0.2) is 0 Å². The van der Waals surface area contributed by atoms with Gasteiger partial charge in [0.05, 0.1) is 7.11 Å². The van der Waals surface area contributed by atoms with Gasteiger partial charge in [-0.05, 0) is 36.6 Å². The Morgan fingerprint density at radius 1 is 1.60 bits per heavy atom. The minimum Gasteiger partial charge on any atom is -0.468 e. The van der Waals surface area contributed by atoms with Crippen LogP contribution in [0.4, 0.5) is 0 Å². The van der Waals surface area contributed by atoms with Crippen molar-refractivity contribution in [1.29, 1.82) is 0 Å². The lowest BCUT2D eigenvalue weighted by Gasteiger charge is -2.11. The summed E-state index contributed by atoms with van der Waals surface area (Å²) < 4.78 is 4.56. The van der Waals surface area contributed by atoms with E-state index in [1.54, 1.807) is 6.07 Å². The minimum atomic E-state index is -0.616. The Kier molecular flexibility index (Phi) is 4.12. The highest BCUT2D eigenvalue weighted by molar-refractivity contribution is 6.30. The zero-order chi connectivity index (χ0) is 11.4. The summed E-state index contributed by atoms with van der Waals surface area (Å²) in [5, 5.41) is 0.683. The van der Waals surface area contributed by atoms with Crippen LogP contribution in [-0.2, 0) is 16.0 Å². The standard InChI is InChI=1S/C11H14ClNO2/c1-7-5-9(12)4-3-8(7)6-10(13)11(14)15-2/h3-5,10H,6,13H2,1-2H3/t10-/m1/s1. The predicted octanol–water partition coefficient (Wildman–Crippen LogP) is 1.69. The maximum atomic E-state index is 11.1. The van der Waals surface area contributed by atoms with Gasteiger partial charge < -0.3 is 10.5 Å². The number of benzene rings is 1. The molecule has 0 radical (unpaired) electrons. The number of esters is 1. The number of nitrogens with two attached hydrogens (primary N) is 1. The van der Waals surface area contributed by atoms with Crippen molar-refractivity contribution in [3.8, 4) is 0 Å². The number of ether oxygens (including phenoxy) is 1. The molecule has 1 rings (SSSR count). The molecule has 0 spiro atoms. The van der Waals surface area contributed by atoms with Gasteiger partial charge in [0.1, 0.15) is 6.04 Å². The number of rotatable bonds is 3. The molecule has 4 heteroatoms. The zero-order valence-corrected chi connectivity index (χ0v) is 9.54. The number of halogens is 1. The van der Waals surface area contributed by atoms with Crippen LogP contribution in [0.2, 0.25) is 5.02 Å². The van der Waals surface area contributed by atoms with E-state index in [9.17, 15) is 4.79 Å². The third kappa shape index (κ3) is 3.22. The van der Waals surface area contributed by atoms with Gasteiger partial charge in [0.2, 0.25) is 0 Å². The summed E-state index contributed by atoms with van der Waals surface area (Å²) in [5.41, 5.74) is 7.70. The topological polar surface area (TPSA) is 52.3 Å². The molecule has 0 amide bonds. The molecule has 2 N–H and O–H groups in total. The number of hydrogen-bond acceptors (Lipinski definition) is 3. The quantitative estimate of drug-likeness (QED) is 0.800. The first-order chi connectivity index (χ1) is 7.04. The first kappa shape index (κ1) is 12.0. The van der Waals surface area contributed by atoms with E-state index in [0.29, 0.717) is 11.4 Å². The normalized spacial score (nSPS) is 12.3. The first-order valence-electron chi connectivity index (χ1n) is 4.63. The molecule has 1 aromatic rings. The Balaban J connectivity index is 2.76. The number of carbonyl (C=O) groups excluding carboxylic acids is 1. The molecule has 0 unspecified atom stereocenters. The van der Waals surface area contributed by atoms with Crippen LogP contribution in [0.1, 0.15) is 11.1 Å². The summed E-state index contributed by atoms with van der Waals surface area (Å²) in [6.45, 7) is 1.94. The fourth-order valence-electron chi connectivity index (χ4n) is 1.36. The third-order valence-corrected chi connectivity index (χ3v) is 2.48. The highest BCUT2D eigenvalue weighted by Gasteiger charge is 2.15. The van der Waals surface area contributed by atoms with E-state index in [4.69, 9.17) is 17.3 Å². The van der Waals surface area contributed by atoms with Crippen molar-refractivity contribution in [3.63, 3.8) is 0 Å². The Labute approximate surface area is 94.2 Å². The smallest absolute Gasteiger partial charge is 0.322 e. The summed E-state index contributed by atoms with van der Waals surface area (Å²) >= 11 is 5.82. The Hall–Kier alpha value is -1.06. The SMILES string of the molecule is COC(=O)[C@H](N)Cc1ccc(Cl)cc1C. The van der Waals surface area contributed by atoms with Gasteiger partial charge in [-0.3, -0.25) is 4.79 Å². The second-order valence-corrected chi connectivity index (χ2v) is 3.84. The van der Waals surface area contributed by atoms with Gasteiger partial charge in [-0.1, -0.05) is 17.7 Å². The molecule has 82 valence electrons. The molecule has 1 aromatic carbocycles. The van der Waals surface area contributed by atoms with Crippen LogP contribution in [0.3, 0.4) is 0 Å². The van der Waals surface area contributed by atoms with Gasteiger partial charge in [-0.2, -0.15) is 0 Å². The van der Waals surface area contributed by atoms with E-state index in [0.717, 1.165) is 11.1 Å². The number of aryl methyl sites for hydroxylation is 1. The zero-order valence-electron chi connectivity index (χ0n) is 8.79. The highest BCUT2D eigenvalue weighted by Crippen LogP contribution is 2.16. The molecule has 0 saturated heterocycles. The predicted molar refractivity (Wildman–Crippen MR) is 59.9 cm³/mol. The third-order valence-electron chi connectivity index (χ3n) is 2.25. The molecule has 0 heterocycles. The molecular formula is C11H14ClNO2. The monoisotopic (exact) mass is 227 g/mol. The lowest BCUT2D eigenvalue weighted by molar-refractivity contribution is -0.142. The van der Waals surface area contributed by atoms with Gasteiger partial charge in [-0.15, -0.1) is 0 Å². The fourth-order valence-corrected chi connectivity index (χ4v) is 1.59.